The second kappa shape index (κ2) is 8.59. The maximum Gasteiger partial charge on any atom is 0.284 e. The van der Waals surface area contributed by atoms with Crippen LogP contribution in [-0.4, -0.2) is 17.4 Å². The smallest absolute Gasteiger partial charge is 0.284 e. The van der Waals surface area contributed by atoms with Crippen LogP contribution in [0.5, 0.6) is 0 Å². The molecule has 29 heavy (non-hydrogen) atoms. The van der Waals surface area contributed by atoms with Gasteiger partial charge in [0.2, 0.25) is 0 Å². The maximum absolute atomic E-state index is 13.2. The van der Waals surface area contributed by atoms with Gasteiger partial charge in [0.1, 0.15) is 6.04 Å². The molecule has 0 unspecified atom stereocenters. The van der Waals surface area contributed by atoms with E-state index in [2.05, 4.69) is 6.07 Å². The number of quaternary nitrogens is 1. The molecular weight excluding hydrogens is 382 g/mol. The zero-order valence-electron chi connectivity index (χ0n) is 16.5. The predicted octanol–water partition coefficient (Wildman–Crippen LogP) is 4.06. The topological polar surface area (TPSA) is 63.0 Å². The summed E-state index contributed by atoms with van der Waals surface area (Å²) in [4.78, 5) is 19.8. The first-order valence-electron chi connectivity index (χ1n) is 9.69. The minimum atomic E-state index is 0.0315. The van der Waals surface area contributed by atoms with Crippen molar-refractivity contribution in [2.75, 3.05) is 11.4 Å². The summed E-state index contributed by atoms with van der Waals surface area (Å²) in [6.45, 7) is 4.91. The van der Waals surface area contributed by atoms with Gasteiger partial charge in [-0.3, -0.25) is 9.69 Å². The Morgan fingerprint density at radius 1 is 1.14 bits per heavy atom. The van der Waals surface area contributed by atoms with Gasteiger partial charge < -0.3 is 9.73 Å². The third-order valence-corrected chi connectivity index (χ3v) is 6.01. The van der Waals surface area contributed by atoms with Crippen LogP contribution in [0.2, 0.25) is 0 Å². The number of hydrogen-bond acceptors (Lipinski definition) is 4. The molecule has 0 spiro atoms. The van der Waals surface area contributed by atoms with Crippen molar-refractivity contribution in [1.82, 2.24) is 4.98 Å². The van der Waals surface area contributed by atoms with Crippen LogP contribution >= 0.6 is 11.3 Å². The molecule has 2 N–H and O–H groups in total. The van der Waals surface area contributed by atoms with Gasteiger partial charge in [0.05, 0.1) is 23.0 Å². The van der Waals surface area contributed by atoms with E-state index in [0.29, 0.717) is 13.1 Å². The molecule has 4 aromatic rings. The van der Waals surface area contributed by atoms with E-state index < -0.39 is 0 Å². The summed E-state index contributed by atoms with van der Waals surface area (Å²) in [5.74, 6) is 0.895. The molecule has 0 saturated heterocycles. The Kier molecular flexibility index (Phi) is 5.74. The van der Waals surface area contributed by atoms with Gasteiger partial charge in [-0.25, -0.2) is 4.98 Å². The van der Waals surface area contributed by atoms with Crippen LogP contribution in [0.4, 0.5) is 5.13 Å². The first-order valence-corrected chi connectivity index (χ1v) is 10.5. The summed E-state index contributed by atoms with van der Waals surface area (Å²) in [5, 5.41) is 2.74. The minimum absolute atomic E-state index is 0.0315. The van der Waals surface area contributed by atoms with Crippen molar-refractivity contribution in [2.24, 2.45) is 0 Å². The lowest BCUT2D eigenvalue weighted by molar-refractivity contribution is -0.684. The van der Waals surface area contributed by atoms with Gasteiger partial charge >= 0.3 is 0 Å². The van der Waals surface area contributed by atoms with E-state index in [1.54, 1.807) is 22.5 Å². The van der Waals surface area contributed by atoms with Crippen LogP contribution < -0.4 is 10.2 Å². The number of aromatic nitrogens is 1. The number of carbonyl (C=O) groups excluding carboxylic acids is 1. The molecule has 6 heteroatoms. The number of carbonyl (C=O) groups is 1. The molecule has 0 aliphatic carbocycles. The van der Waals surface area contributed by atoms with E-state index in [1.807, 2.05) is 73.8 Å². The largest absolute Gasteiger partial charge is 0.463 e. The van der Waals surface area contributed by atoms with Crippen LogP contribution in [0.25, 0.3) is 10.2 Å². The SMILES string of the molecule is Cc1cccc2sc(N(Cc3ccccc3)C(=O)C[NH2+][C@@H](C)c3ccco3)nc12. The van der Waals surface area contributed by atoms with Crippen LogP contribution in [0.1, 0.15) is 29.9 Å². The molecule has 5 nitrogen and oxygen atoms in total. The molecule has 0 saturated carbocycles. The van der Waals surface area contributed by atoms with E-state index >= 15 is 0 Å². The summed E-state index contributed by atoms with van der Waals surface area (Å²) in [5.41, 5.74) is 3.16. The second-order valence-corrected chi connectivity index (χ2v) is 8.14. The molecule has 2 aromatic heterocycles. The molecule has 0 bridgehead atoms. The summed E-state index contributed by atoms with van der Waals surface area (Å²) in [6, 6.07) is 20.0. The van der Waals surface area contributed by atoms with Crippen molar-refractivity contribution in [3.05, 3.63) is 83.8 Å². The van der Waals surface area contributed by atoms with Crippen molar-refractivity contribution >= 4 is 32.6 Å². The minimum Gasteiger partial charge on any atom is -0.463 e. The summed E-state index contributed by atoms with van der Waals surface area (Å²) in [7, 11) is 0. The number of para-hydroxylation sites is 1. The molecule has 0 radical (unpaired) electrons. The Morgan fingerprint density at radius 3 is 2.69 bits per heavy atom. The highest BCUT2D eigenvalue weighted by atomic mass is 32.1. The van der Waals surface area contributed by atoms with E-state index in [4.69, 9.17) is 9.40 Å². The lowest BCUT2D eigenvalue weighted by Gasteiger charge is -2.20. The number of hydrogen-bond donors (Lipinski definition) is 1. The highest BCUT2D eigenvalue weighted by Crippen LogP contribution is 2.31. The average Bonchev–Trinajstić information content (AvgIpc) is 3.41. The number of anilines is 1. The summed E-state index contributed by atoms with van der Waals surface area (Å²) in [6.07, 6.45) is 1.66. The number of benzene rings is 2. The molecule has 0 fully saturated rings. The van der Waals surface area contributed by atoms with Gasteiger partial charge in [0, 0.05) is 0 Å². The number of nitrogens with two attached hydrogens (primary N) is 1. The normalized spacial score (nSPS) is 12.2. The molecule has 0 aliphatic rings. The Morgan fingerprint density at radius 2 is 1.97 bits per heavy atom. The number of rotatable bonds is 7. The molecule has 1 atom stereocenters. The highest BCUT2D eigenvalue weighted by molar-refractivity contribution is 7.22. The number of fused-ring (bicyclic) bond motifs is 1. The summed E-state index contributed by atoms with van der Waals surface area (Å²) < 4.78 is 6.55. The average molecular weight is 407 g/mol. The number of amides is 1. The van der Waals surface area contributed by atoms with E-state index in [-0.39, 0.29) is 11.9 Å². The molecule has 1 amide bonds. The lowest BCUT2D eigenvalue weighted by atomic mass is 10.2. The number of furan rings is 1. The van der Waals surface area contributed by atoms with Crippen molar-refractivity contribution < 1.29 is 14.5 Å². The van der Waals surface area contributed by atoms with Crippen molar-refractivity contribution in [3.8, 4) is 0 Å². The molecule has 2 aromatic carbocycles. The van der Waals surface area contributed by atoms with Crippen LogP contribution in [-0.2, 0) is 11.3 Å². The molecule has 148 valence electrons. The van der Waals surface area contributed by atoms with Gasteiger partial charge in [-0.1, -0.05) is 53.8 Å². The van der Waals surface area contributed by atoms with Gasteiger partial charge in [0.15, 0.2) is 17.4 Å². The van der Waals surface area contributed by atoms with Gasteiger partial charge in [-0.05, 0) is 43.2 Å². The van der Waals surface area contributed by atoms with Crippen LogP contribution in [0, 0.1) is 6.92 Å². The third kappa shape index (κ3) is 4.39. The monoisotopic (exact) mass is 406 g/mol. The quantitative estimate of drug-likeness (QED) is 0.503. The van der Waals surface area contributed by atoms with Crippen molar-refractivity contribution in [3.63, 3.8) is 0 Å². The second-order valence-electron chi connectivity index (χ2n) is 7.13. The maximum atomic E-state index is 13.2. The fourth-order valence-corrected chi connectivity index (χ4v) is 4.33. The fraction of sp³-hybridized carbons (Fsp3) is 0.217. The lowest BCUT2D eigenvalue weighted by Crippen LogP contribution is -2.87. The Bertz CT molecular complexity index is 1090. The molecule has 0 aliphatic heterocycles. The van der Waals surface area contributed by atoms with E-state index in [0.717, 1.165) is 32.2 Å². The Labute approximate surface area is 174 Å². The number of nitrogens with zero attached hydrogens (tertiary/aromatic N) is 2. The van der Waals surface area contributed by atoms with Crippen LogP contribution in [0.15, 0.2) is 71.3 Å². The molecule has 2 heterocycles. The Hall–Kier alpha value is -2.96. The summed E-state index contributed by atoms with van der Waals surface area (Å²) >= 11 is 1.56. The number of thiazole rings is 1. The predicted molar refractivity (Wildman–Crippen MR) is 116 cm³/mol. The van der Waals surface area contributed by atoms with Gasteiger partial charge in [-0.15, -0.1) is 0 Å². The van der Waals surface area contributed by atoms with Crippen LogP contribution in [0.3, 0.4) is 0 Å². The Balaban J connectivity index is 1.58. The van der Waals surface area contributed by atoms with E-state index in [9.17, 15) is 4.79 Å². The van der Waals surface area contributed by atoms with Gasteiger partial charge in [0.25, 0.3) is 5.91 Å². The first-order chi connectivity index (χ1) is 14.1. The zero-order valence-corrected chi connectivity index (χ0v) is 17.4. The fourth-order valence-electron chi connectivity index (χ4n) is 3.27. The standard InChI is InChI=1S/C23H23N3O2S/c1-16-8-6-12-20-22(16)25-23(29-20)26(15-18-9-4-3-5-10-18)21(27)14-24-17(2)19-11-7-13-28-19/h3-13,17,24H,14-15H2,1-2H3/p+1/t17-/m0/s1. The third-order valence-electron chi connectivity index (χ3n) is 4.96. The van der Waals surface area contributed by atoms with Gasteiger partial charge in [-0.2, -0.15) is 0 Å². The van der Waals surface area contributed by atoms with Crippen molar-refractivity contribution in [1.29, 1.82) is 0 Å². The first kappa shape index (κ1) is 19.4. The van der Waals surface area contributed by atoms with E-state index in [1.165, 1.54) is 0 Å². The van der Waals surface area contributed by atoms with Crippen molar-refractivity contribution in [2.45, 2.75) is 26.4 Å². The molecular formula is C23H24N3O2S+. The molecule has 4 rings (SSSR count). The highest BCUT2D eigenvalue weighted by Gasteiger charge is 2.23. The number of aryl methyl sites for hydroxylation is 1. The zero-order chi connectivity index (χ0) is 20.2.